The number of pyridine rings is 1. The number of aromatic nitrogens is 1. The summed E-state index contributed by atoms with van der Waals surface area (Å²) in [5.74, 6) is -1.82. The van der Waals surface area contributed by atoms with Gasteiger partial charge in [0.05, 0.1) is 0 Å². The van der Waals surface area contributed by atoms with Crippen molar-refractivity contribution in [3.05, 3.63) is 69.1 Å². The van der Waals surface area contributed by atoms with Crippen LogP contribution in [-0.4, -0.2) is 27.8 Å². The maximum Gasteiger partial charge on any atom is 0.431 e. The number of hydrogen-bond acceptors (Lipinski definition) is 3. The van der Waals surface area contributed by atoms with Crippen LogP contribution < -0.4 is 11.3 Å². The fourth-order valence-corrected chi connectivity index (χ4v) is 2.88. The molecule has 0 bridgehead atoms. The van der Waals surface area contributed by atoms with E-state index in [0.717, 1.165) is 17.2 Å². The van der Waals surface area contributed by atoms with Gasteiger partial charge in [-0.05, 0) is 31.0 Å². The molecule has 0 spiro atoms. The average molecular weight is 409 g/mol. The minimum Gasteiger partial charge on any atom is -0.365 e. The molecule has 0 aliphatic heterocycles. The molecule has 0 atom stereocenters. The van der Waals surface area contributed by atoms with Crippen molar-refractivity contribution in [2.75, 3.05) is 6.54 Å². The van der Waals surface area contributed by atoms with Crippen molar-refractivity contribution in [3.8, 4) is 0 Å². The third-order valence-corrected chi connectivity index (χ3v) is 4.36. The van der Waals surface area contributed by atoms with E-state index in [9.17, 15) is 27.6 Å². The molecule has 156 valence electrons. The molecule has 0 unspecified atom stereocenters. The Balaban J connectivity index is 2.39. The van der Waals surface area contributed by atoms with Crippen LogP contribution in [0.4, 0.5) is 13.2 Å². The summed E-state index contributed by atoms with van der Waals surface area (Å²) in [7, 11) is 0. The zero-order chi connectivity index (χ0) is 21.8. The minimum absolute atomic E-state index is 0.193. The lowest BCUT2D eigenvalue weighted by molar-refractivity contribution is -0.145. The number of primary amides is 1. The molecule has 6 nitrogen and oxygen atoms in total. The van der Waals surface area contributed by atoms with E-state index in [1.807, 2.05) is 38.1 Å². The van der Waals surface area contributed by atoms with Gasteiger partial charge in [-0.3, -0.25) is 19.0 Å². The number of rotatable bonds is 7. The zero-order valence-corrected chi connectivity index (χ0v) is 16.1. The van der Waals surface area contributed by atoms with Crippen LogP contribution in [0.15, 0.2) is 41.2 Å². The lowest BCUT2D eigenvalue weighted by atomic mass is 10.1. The van der Waals surface area contributed by atoms with Crippen LogP contribution in [-0.2, 0) is 24.1 Å². The summed E-state index contributed by atoms with van der Waals surface area (Å²) in [5, 5.41) is 0. The predicted molar refractivity (Wildman–Crippen MR) is 101 cm³/mol. The Morgan fingerprint density at radius 1 is 1.10 bits per heavy atom. The number of carbonyl (C=O) groups is 2. The number of amides is 2. The molecular weight excluding hydrogens is 387 g/mol. The molecule has 2 aromatic rings. The van der Waals surface area contributed by atoms with Crippen LogP contribution in [0.25, 0.3) is 0 Å². The summed E-state index contributed by atoms with van der Waals surface area (Å²) in [5.41, 5.74) is 3.75. The number of halogens is 3. The summed E-state index contributed by atoms with van der Waals surface area (Å²) >= 11 is 0. The molecule has 1 aromatic heterocycles. The van der Waals surface area contributed by atoms with Gasteiger partial charge in [-0.15, -0.1) is 0 Å². The molecule has 1 heterocycles. The van der Waals surface area contributed by atoms with Gasteiger partial charge in [0.25, 0.3) is 11.5 Å². The largest absolute Gasteiger partial charge is 0.431 e. The van der Waals surface area contributed by atoms with Gasteiger partial charge in [-0.2, -0.15) is 13.2 Å². The van der Waals surface area contributed by atoms with E-state index in [1.165, 1.54) is 4.90 Å². The quantitative estimate of drug-likeness (QED) is 0.763. The Bertz CT molecular complexity index is 950. The normalized spacial score (nSPS) is 11.3. The third-order valence-electron chi connectivity index (χ3n) is 4.36. The molecule has 0 saturated carbocycles. The lowest BCUT2D eigenvalue weighted by Crippen LogP contribution is -2.40. The maximum absolute atomic E-state index is 13.3. The maximum atomic E-state index is 13.3. The van der Waals surface area contributed by atoms with Crippen molar-refractivity contribution in [2.45, 2.75) is 39.5 Å². The zero-order valence-electron chi connectivity index (χ0n) is 16.1. The summed E-state index contributed by atoms with van der Waals surface area (Å²) in [4.78, 5) is 37.9. The molecule has 9 heteroatoms. The Morgan fingerprint density at radius 3 is 2.24 bits per heavy atom. The highest BCUT2D eigenvalue weighted by Gasteiger charge is 2.36. The van der Waals surface area contributed by atoms with Crippen molar-refractivity contribution in [1.29, 1.82) is 0 Å². The standard InChI is InChI=1S/C20H22F3N3O3/c1-3-10-25(11-14-6-4-13(2)5-7-14)17(27)12-26-16(20(21,22)23)9-8-15(18(24)28)19(26)29/h4-9H,3,10-12H2,1-2H3,(H2,24,28). The molecule has 0 saturated heterocycles. The molecule has 0 aliphatic carbocycles. The first-order valence-electron chi connectivity index (χ1n) is 8.98. The number of alkyl halides is 3. The second-order valence-corrected chi connectivity index (χ2v) is 6.69. The second-order valence-electron chi connectivity index (χ2n) is 6.69. The first kappa shape index (κ1) is 22.2. The molecule has 29 heavy (non-hydrogen) atoms. The topological polar surface area (TPSA) is 85.4 Å². The van der Waals surface area contributed by atoms with Gasteiger partial charge in [-0.25, -0.2) is 0 Å². The summed E-state index contributed by atoms with van der Waals surface area (Å²) in [6.07, 6.45) is -4.29. The molecule has 1 aromatic carbocycles. The van der Waals surface area contributed by atoms with E-state index in [0.29, 0.717) is 19.0 Å². The summed E-state index contributed by atoms with van der Waals surface area (Å²) in [6.45, 7) is 3.39. The van der Waals surface area contributed by atoms with Gasteiger partial charge in [-0.1, -0.05) is 36.8 Å². The number of aryl methyl sites for hydroxylation is 1. The smallest absolute Gasteiger partial charge is 0.365 e. The molecule has 0 radical (unpaired) electrons. The Kier molecular flexibility index (Phi) is 6.84. The van der Waals surface area contributed by atoms with Crippen LogP contribution >= 0.6 is 0 Å². The number of nitrogens with two attached hydrogens (primary N) is 1. The highest BCUT2D eigenvalue weighted by molar-refractivity contribution is 5.92. The van der Waals surface area contributed by atoms with E-state index in [1.54, 1.807) is 0 Å². The van der Waals surface area contributed by atoms with Gasteiger partial charge < -0.3 is 10.6 Å². The Hall–Kier alpha value is -3.10. The summed E-state index contributed by atoms with van der Waals surface area (Å²) in [6, 6.07) is 8.70. The van der Waals surface area contributed by atoms with E-state index < -0.39 is 41.4 Å². The molecule has 0 fully saturated rings. The van der Waals surface area contributed by atoms with Crippen LogP contribution in [0, 0.1) is 6.92 Å². The molecule has 2 amide bonds. The van der Waals surface area contributed by atoms with E-state index in [4.69, 9.17) is 5.73 Å². The number of carbonyl (C=O) groups excluding carboxylic acids is 2. The van der Waals surface area contributed by atoms with Crippen molar-refractivity contribution in [2.24, 2.45) is 5.73 Å². The van der Waals surface area contributed by atoms with E-state index in [-0.39, 0.29) is 11.1 Å². The molecule has 0 aliphatic rings. The van der Waals surface area contributed by atoms with Gasteiger partial charge in [0.1, 0.15) is 17.8 Å². The van der Waals surface area contributed by atoms with Crippen LogP contribution in [0.2, 0.25) is 0 Å². The highest BCUT2D eigenvalue weighted by atomic mass is 19.4. The predicted octanol–water partition coefficient (Wildman–Crippen LogP) is 2.71. The third kappa shape index (κ3) is 5.46. The minimum atomic E-state index is -4.87. The van der Waals surface area contributed by atoms with Gasteiger partial charge in [0, 0.05) is 13.1 Å². The monoisotopic (exact) mass is 409 g/mol. The van der Waals surface area contributed by atoms with Crippen molar-refractivity contribution < 1.29 is 22.8 Å². The molecular formula is C20H22F3N3O3. The Labute approximate surface area is 165 Å². The lowest BCUT2D eigenvalue weighted by Gasteiger charge is -2.24. The van der Waals surface area contributed by atoms with Crippen LogP contribution in [0.5, 0.6) is 0 Å². The van der Waals surface area contributed by atoms with Gasteiger partial charge >= 0.3 is 6.18 Å². The average Bonchev–Trinajstić information content (AvgIpc) is 2.63. The molecule has 2 N–H and O–H groups in total. The summed E-state index contributed by atoms with van der Waals surface area (Å²) < 4.78 is 40.3. The molecule has 2 rings (SSSR count). The second kappa shape index (κ2) is 8.93. The number of nitrogens with zero attached hydrogens (tertiary/aromatic N) is 2. The fraction of sp³-hybridized carbons (Fsp3) is 0.350. The number of benzene rings is 1. The number of hydrogen-bond donors (Lipinski definition) is 1. The fourth-order valence-electron chi connectivity index (χ4n) is 2.88. The van der Waals surface area contributed by atoms with Crippen LogP contribution in [0.3, 0.4) is 0 Å². The van der Waals surface area contributed by atoms with Crippen molar-refractivity contribution >= 4 is 11.8 Å². The van der Waals surface area contributed by atoms with E-state index in [2.05, 4.69) is 0 Å². The van der Waals surface area contributed by atoms with Crippen molar-refractivity contribution in [1.82, 2.24) is 9.47 Å². The highest BCUT2D eigenvalue weighted by Crippen LogP contribution is 2.28. The SMILES string of the molecule is CCCN(Cc1ccc(C)cc1)C(=O)Cn1c(C(F)(F)F)ccc(C(N)=O)c1=O. The van der Waals surface area contributed by atoms with Gasteiger partial charge in [0.15, 0.2) is 0 Å². The Morgan fingerprint density at radius 2 is 1.72 bits per heavy atom. The first-order valence-corrected chi connectivity index (χ1v) is 8.98. The van der Waals surface area contributed by atoms with Crippen LogP contribution in [0.1, 0.15) is 40.5 Å². The first-order chi connectivity index (χ1) is 13.5. The van der Waals surface area contributed by atoms with Gasteiger partial charge in [0.2, 0.25) is 5.91 Å². The van der Waals surface area contributed by atoms with E-state index >= 15 is 0 Å². The van der Waals surface area contributed by atoms with Crippen molar-refractivity contribution in [3.63, 3.8) is 0 Å².